The number of ether oxygens (including phenoxy) is 2. The Hall–Kier alpha value is -2.61. The van der Waals surface area contributed by atoms with E-state index in [1.807, 2.05) is 38.1 Å². The van der Waals surface area contributed by atoms with Gasteiger partial charge < -0.3 is 19.7 Å². The maximum atomic E-state index is 13.0. The molecule has 152 valence electrons. The molecule has 1 aromatic carbocycles. The van der Waals surface area contributed by atoms with Crippen molar-refractivity contribution in [3.8, 4) is 5.75 Å². The minimum atomic E-state index is -1.13. The van der Waals surface area contributed by atoms with Gasteiger partial charge >= 0.3 is 6.03 Å². The van der Waals surface area contributed by atoms with Gasteiger partial charge in [-0.15, -0.1) is 0 Å². The molecule has 8 heteroatoms. The van der Waals surface area contributed by atoms with Crippen molar-refractivity contribution in [2.24, 2.45) is 0 Å². The van der Waals surface area contributed by atoms with Gasteiger partial charge in [-0.3, -0.25) is 14.5 Å². The number of para-hydroxylation sites is 1. The zero-order valence-electron chi connectivity index (χ0n) is 16.7. The first-order valence-electron chi connectivity index (χ1n) is 9.42. The predicted octanol–water partition coefficient (Wildman–Crippen LogP) is 1.18. The predicted molar refractivity (Wildman–Crippen MR) is 102 cm³/mol. The van der Waals surface area contributed by atoms with Gasteiger partial charge in [0.25, 0.3) is 5.91 Å². The molecule has 0 saturated carbocycles. The second-order valence-electron chi connectivity index (χ2n) is 7.70. The maximum Gasteiger partial charge on any atom is 0.325 e. The smallest absolute Gasteiger partial charge is 0.325 e. The number of nitrogens with one attached hydrogen (secondary N) is 1. The summed E-state index contributed by atoms with van der Waals surface area (Å²) in [6.07, 6.45) is 0.121. The third kappa shape index (κ3) is 3.96. The summed E-state index contributed by atoms with van der Waals surface area (Å²) < 4.78 is 11.0. The highest BCUT2D eigenvalue weighted by molar-refractivity contribution is 6.09. The van der Waals surface area contributed by atoms with E-state index < -0.39 is 17.5 Å². The Bertz CT molecular complexity index is 773. The number of imide groups is 1. The molecule has 2 saturated heterocycles. The molecule has 2 aliphatic heterocycles. The van der Waals surface area contributed by atoms with E-state index in [0.717, 1.165) is 10.5 Å². The average Bonchev–Trinajstić information content (AvgIpc) is 2.84. The van der Waals surface area contributed by atoms with Crippen LogP contribution < -0.4 is 10.1 Å². The van der Waals surface area contributed by atoms with Gasteiger partial charge in [0.15, 0.2) is 0 Å². The van der Waals surface area contributed by atoms with E-state index in [-0.39, 0.29) is 31.1 Å². The van der Waals surface area contributed by atoms with Gasteiger partial charge in [0.1, 0.15) is 17.8 Å². The Morgan fingerprint density at radius 2 is 1.89 bits per heavy atom. The van der Waals surface area contributed by atoms with E-state index in [2.05, 4.69) is 5.32 Å². The molecule has 28 heavy (non-hydrogen) atoms. The van der Waals surface area contributed by atoms with Crippen molar-refractivity contribution in [1.29, 1.82) is 0 Å². The largest absolute Gasteiger partial charge is 0.496 e. The van der Waals surface area contributed by atoms with Gasteiger partial charge in [-0.25, -0.2) is 4.79 Å². The highest BCUT2D eigenvalue weighted by Crippen LogP contribution is 2.27. The van der Waals surface area contributed by atoms with Gasteiger partial charge in [-0.2, -0.15) is 0 Å². The lowest BCUT2D eigenvalue weighted by atomic mass is 9.92. The average molecular weight is 389 g/mol. The molecule has 0 bridgehead atoms. The number of morpholine rings is 1. The topological polar surface area (TPSA) is 88.2 Å². The van der Waals surface area contributed by atoms with Crippen LogP contribution in [0.4, 0.5) is 4.79 Å². The fraction of sp³-hybridized carbons (Fsp3) is 0.550. The van der Waals surface area contributed by atoms with Crippen LogP contribution in [0.15, 0.2) is 24.3 Å². The molecule has 0 unspecified atom stereocenters. The van der Waals surface area contributed by atoms with E-state index in [1.165, 1.54) is 0 Å². The number of hydrogen-bond donors (Lipinski definition) is 1. The number of carbonyl (C=O) groups excluding carboxylic acids is 3. The van der Waals surface area contributed by atoms with Crippen LogP contribution in [0.25, 0.3) is 0 Å². The molecule has 0 aliphatic carbocycles. The molecule has 1 aromatic rings. The molecule has 0 spiro atoms. The summed E-state index contributed by atoms with van der Waals surface area (Å²) in [6, 6.07) is 6.81. The molecule has 4 amide bonds. The number of methoxy groups -OCH3 is 1. The van der Waals surface area contributed by atoms with Crippen LogP contribution in [-0.4, -0.2) is 72.1 Å². The molecular formula is C20H27N3O5. The Kier molecular flexibility index (Phi) is 5.60. The zero-order valence-corrected chi connectivity index (χ0v) is 16.7. The van der Waals surface area contributed by atoms with Gasteiger partial charge in [-0.1, -0.05) is 18.2 Å². The van der Waals surface area contributed by atoms with Crippen LogP contribution in [0.2, 0.25) is 0 Å². The Labute approximate surface area is 164 Å². The fourth-order valence-corrected chi connectivity index (χ4v) is 3.86. The lowest BCUT2D eigenvalue weighted by Gasteiger charge is -2.35. The first-order valence-corrected chi connectivity index (χ1v) is 9.42. The number of carbonyl (C=O) groups is 3. The second kappa shape index (κ2) is 7.79. The van der Waals surface area contributed by atoms with Gasteiger partial charge in [0, 0.05) is 19.5 Å². The summed E-state index contributed by atoms with van der Waals surface area (Å²) in [4.78, 5) is 40.8. The summed E-state index contributed by atoms with van der Waals surface area (Å²) in [6.45, 7) is 6.09. The van der Waals surface area contributed by atoms with Crippen LogP contribution in [0.3, 0.4) is 0 Å². The summed E-state index contributed by atoms with van der Waals surface area (Å²) in [5.74, 6) is -0.0188. The Morgan fingerprint density at radius 3 is 2.54 bits per heavy atom. The van der Waals surface area contributed by atoms with Crippen LogP contribution >= 0.6 is 0 Å². The van der Waals surface area contributed by atoms with Crippen molar-refractivity contribution in [3.05, 3.63) is 29.8 Å². The number of hydrogen-bond acceptors (Lipinski definition) is 5. The second-order valence-corrected chi connectivity index (χ2v) is 7.70. The SMILES string of the molecule is COc1ccccc1C[C@]1(C)NC(=O)N(CC(=O)N2C[C@@H](C)O[C@H](C)C2)C1=O. The normalized spacial score (nSPS) is 27.7. The molecular weight excluding hydrogens is 362 g/mol. The van der Waals surface area contributed by atoms with Crippen molar-refractivity contribution in [2.75, 3.05) is 26.7 Å². The van der Waals surface area contributed by atoms with Crippen LogP contribution in [0, 0.1) is 0 Å². The first-order chi connectivity index (χ1) is 13.2. The minimum absolute atomic E-state index is 0.0772. The lowest BCUT2D eigenvalue weighted by molar-refractivity contribution is -0.146. The van der Waals surface area contributed by atoms with E-state index in [4.69, 9.17) is 9.47 Å². The maximum absolute atomic E-state index is 13.0. The molecule has 2 fully saturated rings. The van der Waals surface area contributed by atoms with Gasteiger partial charge in [0.2, 0.25) is 5.91 Å². The van der Waals surface area contributed by atoms with Crippen LogP contribution in [0.5, 0.6) is 5.75 Å². The first kappa shape index (κ1) is 20.1. The standard InChI is InChI=1S/C20H27N3O5/c1-13-10-22(11-14(2)28-13)17(24)12-23-18(25)20(3,21-19(23)26)9-15-7-5-6-8-16(15)27-4/h5-8,13-14H,9-12H2,1-4H3,(H,21,26)/t13-,14-,20+/m1/s1. The van der Waals surface area contributed by atoms with Crippen LogP contribution in [0.1, 0.15) is 26.3 Å². The van der Waals surface area contributed by atoms with Crippen molar-refractivity contribution in [2.45, 2.75) is 44.9 Å². The molecule has 8 nitrogen and oxygen atoms in total. The fourth-order valence-electron chi connectivity index (χ4n) is 3.86. The van der Waals surface area contributed by atoms with E-state index >= 15 is 0 Å². The zero-order chi connectivity index (χ0) is 20.5. The molecule has 3 rings (SSSR count). The number of amides is 4. The van der Waals surface area contributed by atoms with E-state index in [1.54, 1.807) is 18.9 Å². The monoisotopic (exact) mass is 389 g/mol. The van der Waals surface area contributed by atoms with Gasteiger partial charge in [0.05, 0.1) is 19.3 Å². The summed E-state index contributed by atoms with van der Waals surface area (Å²) in [5.41, 5.74) is -0.317. The van der Waals surface area contributed by atoms with Crippen molar-refractivity contribution >= 4 is 17.8 Å². The molecule has 1 N–H and O–H groups in total. The van der Waals surface area contributed by atoms with E-state index in [9.17, 15) is 14.4 Å². The summed E-state index contributed by atoms with van der Waals surface area (Å²) >= 11 is 0. The Balaban J connectivity index is 1.71. The quantitative estimate of drug-likeness (QED) is 0.764. The van der Waals surface area contributed by atoms with Crippen molar-refractivity contribution in [3.63, 3.8) is 0 Å². The van der Waals surface area contributed by atoms with E-state index in [0.29, 0.717) is 18.8 Å². The van der Waals surface area contributed by atoms with Crippen molar-refractivity contribution in [1.82, 2.24) is 15.1 Å². The number of rotatable bonds is 5. The molecule has 2 aliphatic rings. The van der Waals surface area contributed by atoms with Gasteiger partial charge in [-0.05, 0) is 32.4 Å². The van der Waals surface area contributed by atoms with Crippen molar-refractivity contribution < 1.29 is 23.9 Å². The molecule has 3 atom stereocenters. The third-order valence-corrected chi connectivity index (χ3v) is 5.15. The Morgan fingerprint density at radius 1 is 1.25 bits per heavy atom. The number of urea groups is 1. The van der Waals surface area contributed by atoms with Crippen LogP contribution in [-0.2, 0) is 20.7 Å². The number of nitrogens with zero attached hydrogens (tertiary/aromatic N) is 2. The molecule has 0 aromatic heterocycles. The summed E-state index contributed by atoms with van der Waals surface area (Å²) in [5, 5.41) is 2.74. The summed E-state index contributed by atoms with van der Waals surface area (Å²) in [7, 11) is 1.56. The highest BCUT2D eigenvalue weighted by atomic mass is 16.5. The number of benzene rings is 1. The molecule has 2 heterocycles. The molecule has 0 radical (unpaired) electrons. The third-order valence-electron chi connectivity index (χ3n) is 5.15. The highest BCUT2D eigenvalue weighted by Gasteiger charge is 2.49. The lowest BCUT2D eigenvalue weighted by Crippen LogP contribution is -2.52. The minimum Gasteiger partial charge on any atom is -0.496 e.